The first kappa shape index (κ1) is 10.9. The minimum Gasteiger partial charge on any atom is -0.488 e. The Morgan fingerprint density at radius 1 is 1.50 bits per heavy atom. The number of hydrogen-bond acceptors (Lipinski definition) is 4. The molecule has 0 amide bonds. The highest BCUT2D eigenvalue weighted by Gasteiger charge is 2.04. The van der Waals surface area contributed by atoms with Gasteiger partial charge in [0, 0.05) is 12.3 Å². The van der Waals surface area contributed by atoms with Crippen molar-refractivity contribution in [2.75, 3.05) is 5.73 Å². The molecule has 5 heteroatoms. The second-order valence-corrected chi connectivity index (χ2v) is 4.51. The molecular formula is C11H11FN2OS. The van der Waals surface area contributed by atoms with E-state index in [9.17, 15) is 4.39 Å². The summed E-state index contributed by atoms with van der Waals surface area (Å²) in [7, 11) is 0. The summed E-state index contributed by atoms with van der Waals surface area (Å²) in [6.45, 7) is 2.23. The highest BCUT2D eigenvalue weighted by atomic mass is 32.1. The van der Waals surface area contributed by atoms with Gasteiger partial charge in [-0.05, 0) is 18.6 Å². The summed E-state index contributed by atoms with van der Waals surface area (Å²) in [4.78, 5) is 4.83. The average Bonchev–Trinajstić information content (AvgIpc) is 2.66. The van der Waals surface area contributed by atoms with Gasteiger partial charge in [-0.15, -0.1) is 0 Å². The van der Waals surface area contributed by atoms with Gasteiger partial charge in [-0.25, -0.2) is 9.37 Å². The van der Waals surface area contributed by atoms with Crippen molar-refractivity contribution in [2.24, 2.45) is 0 Å². The summed E-state index contributed by atoms with van der Waals surface area (Å²) in [5, 5.41) is 0.509. The fraction of sp³-hybridized carbons (Fsp3) is 0.182. The summed E-state index contributed by atoms with van der Waals surface area (Å²) in [5.41, 5.74) is 6.40. The van der Waals surface area contributed by atoms with Gasteiger partial charge in [0.15, 0.2) is 5.13 Å². The highest BCUT2D eigenvalue weighted by molar-refractivity contribution is 7.15. The Labute approximate surface area is 96.7 Å². The second-order valence-electron chi connectivity index (χ2n) is 3.36. The lowest BCUT2D eigenvalue weighted by atomic mass is 10.2. The maximum atomic E-state index is 13.0. The van der Waals surface area contributed by atoms with Crippen LogP contribution in [0.25, 0.3) is 0 Å². The maximum absolute atomic E-state index is 13.0. The molecule has 0 fully saturated rings. The number of nitrogens with two attached hydrogens (primary N) is 1. The number of anilines is 1. The number of ether oxygens (including phenoxy) is 1. The summed E-state index contributed by atoms with van der Waals surface area (Å²) in [5.74, 6) is 0.247. The molecule has 2 aromatic rings. The van der Waals surface area contributed by atoms with Crippen LogP contribution in [0.5, 0.6) is 5.75 Å². The Morgan fingerprint density at radius 3 is 3.00 bits per heavy atom. The SMILES string of the molecule is Cc1ccc(F)cc1OCc1cnc(N)s1. The molecule has 0 radical (unpaired) electrons. The monoisotopic (exact) mass is 238 g/mol. The van der Waals surface area contributed by atoms with E-state index in [1.165, 1.54) is 23.5 Å². The van der Waals surface area contributed by atoms with Gasteiger partial charge >= 0.3 is 0 Å². The number of hydrogen-bond donors (Lipinski definition) is 1. The number of benzene rings is 1. The lowest BCUT2D eigenvalue weighted by Crippen LogP contribution is -1.95. The molecule has 0 saturated carbocycles. The summed E-state index contributed by atoms with van der Waals surface area (Å²) < 4.78 is 18.5. The molecule has 2 rings (SSSR count). The molecule has 0 unspecified atom stereocenters. The Kier molecular flexibility index (Phi) is 3.05. The zero-order valence-electron chi connectivity index (χ0n) is 8.74. The van der Waals surface area contributed by atoms with E-state index < -0.39 is 0 Å². The Bertz CT molecular complexity index is 498. The van der Waals surface area contributed by atoms with Crippen LogP contribution < -0.4 is 10.5 Å². The minimum atomic E-state index is -0.301. The van der Waals surface area contributed by atoms with Crippen molar-refractivity contribution in [1.29, 1.82) is 0 Å². The molecule has 0 aliphatic carbocycles. The van der Waals surface area contributed by atoms with Gasteiger partial charge in [0.05, 0.1) is 4.88 Å². The zero-order valence-corrected chi connectivity index (χ0v) is 9.55. The molecule has 1 aromatic carbocycles. The quantitative estimate of drug-likeness (QED) is 0.894. The van der Waals surface area contributed by atoms with E-state index in [1.807, 2.05) is 6.92 Å². The van der Waals surface area contributed by atoms with Crippen molar-refractivity contribution in [2.45, 2.75) is 13.5 Å². The number of halogens is 1. The molecule has 1 aromatic heterocycles. The van der Waals surface area contributed by atoms with E-state index in [2.05, 4.69) is 4.98 Å². The molecule has 16 heavy (non-hydrogen) atoms. The number of nitrogens with zero attached hydrogens (tertiary/aromatic N) is 1. The molecular weight excluding hydrogens is 227 g/mol. The lowest BCUT2D eigenvalue weighted by Gasteiger charge is -2.07. The first-order valence-corrected chi connectivity index (χ1v) is 5.56. The van der Waals surface area contributed by atoms with Crippen molar-refractivity contribution < 1.29 is 9.13 Å². The second kappa shape index (κ2) is 4.49. The normalized spacial score (nSPS) is 10.4. The Hall–Kier alpha value is -1.62. The van der Waals surface area contributed by atoms with E-state index in [4.69, 9.17) is 10.5 Å². The number of aromatic nitrogens is 1. The fourth-order valence-corrected chi connectivity index (χ4v) is 1.86. The van der Waals surface area contributed by atoms with E-state index in [-0.39, 0.29) is 5.82 Å². The summed E-state index contributed by atoms with van der Waals surface area (Å²) in [6.07, 6.45) is 1.66. The zero-order chi connectivity index (χ0) is 11.5. The van der Waals surface area contributed by atoms with Crippen LogP contribution in [-0.2, 0) is 6.61 Å². The van der Waals surface area contributed by atoms with Crippen LogP contribution in [0.1, 0.15) is 10.4 Å². The molecule has 0 bridgehead atoms. The summed E-state index contributed by atoms with van der Waals surface area (Å²) >= 11 is 1.36. The van der Waals surface area contributed by atoms with Gasteiger partial charge in [-0.3, -0.25) is 0 Å². The summed E-state index contributed by atoms with van der Waals surface area (Å²) in [6, 6.07) is 4.47. The molecule has 0 spiro atoms. The van der Waals surface area contributed by atoms with Crippen LogP contribution in [0.3, 0.4) is 0 Å². The number of rotatable bonds is 3. The molecule has 2 N–H and O–H groups in total. The van der Waals surface area contributed by atoms with Crippen molar-refractivity contribution >= 4 is 16.5 Å². The largest absolute Gasteiger partial charge is 0.488 e. The molecule has 1 heterocycles. The number of thiazole rings is 1. The van der Waals surface area contributed by atoms with Gasteiger partial charge < -0.3 is 10.5 Å². The van der Waals surface area contributed by atoms with E-state index in [0.717, 1.165) is 10.4 Å². The van der Waals surface area contributed by atoms with Gasteiger partial charge in [-0.1, -0.05) is 17.4 Å². The molecule has 0 aliphatic heterocycles. The van der Waals surface area contributed by atoms with Crippen LogP contribution in [0.4, 0.5) is 9.52 Å². The predicted molar refractivity (Wildman–Crippen MR) is 62.0 cm³/mol. The first-order chi connectivity index (χ1) is 7.65. The molecule has 0 saturated heterocycles. The van der Waals surface area contributed by atoms with Crippen LogP contribution in [0, 0.1) is 12.7 Å². The maximum Gasteiger partial charge on any atom is 0.180 e. The first-order valence-electron chi connectivity index (χ1n) is 4.74. The van der Waals surface area contributed by atoms with Gasteiger partial charge in [0.1, 0.15) is 18.2 Å². The number of nitrogen functional groups attached to an aromatic ring is 1. The van der Waals surface area contributed by atoms with E-state index >= 15 is 0 Å². The molecule has 0 atom stereocenters. The third kappa shape index (κ3) is 2.49. The topological polar surface area (TPSA) is 48.1 Å². The third-order valence-electron chi connectivity index (χ3n) is 2.09. The van der Waals surface area contributed by atoms with Crippen molar-refractivity contribution in [3.63, 3.8) is 0 Å². The third-order valence-corrected chi connectivity index (χ3v) is 2.89. The van der Waals surface area contributed by atoms with Crippen molar-refractivity contribution in [3.8, 4) is 5.75 Å². The minimum absolute atomic E-state index is 0.301. The van der Waals surface area contributed by atoms with Crippen LogP contribution in [-0.4, -0.2) is 4.98 Å². The van der Waals surface area contributed by atoms with Crippen LogP contribution >= 0.6 is 11.3 Å². The Balaban J connectivity index is 2.07. The number of aryl methyl sites for hydroxylation is 1. The smallest absolute Gasteiger partial charge is 0.180 e. The molecule has 84 valence electrons. The van der Waals surface area contributed by atoms with Gasteiger partial charge in [0.2, 0.25) is 0 Å². The van der Waals surface area contributed by atoms with Gasteiger partial charge in [0.25, 0.3) is 0 Å². The predicted octanol–water partition coefficient (Wildman–Crippen LogP) is 2.75. The Morgan fingerprint density at radius 2 is 2.31 bits per heavy atom. The van der Waals surface area contributed by atoms with Gasteiger partial charge in [-0.2, -0.15) is 0 Å². The standard InChI is InChI=1S/C11H11FN2OS/c1-7-2-3-8(12)4-10(7)15-6-9-5-14-11(13)16-9/h2-5H,6H2,1H3,(H2,13,14). The molecule has 3 nitrogen and oxygen atoms in total. The highest BCUT2D eigenvalue weighted by Crippen LogP contribution is 2.22. The fourth-order valence-electron chi connectivity index (χ4n) is 1.27. The average molecular weight is 238 g/mol. The van der Waals surface area contributed by atoms with Crippen LogP contribution in [0.15, 0.2) is 24.4 Å². The van der Waals surface area contributed by atoms with Crippen molar-refractivity contribution in [1.82, 2.24) is 4.98 Å². The van der Waals surface area contributed by atoms with Crippen molar-refractivity contribution in [3.05, 3.63) is 40.7 Å². The molecule has 0 aliphatic rings. The van der Waals surface area contributed by atoms with Crippen LogP contribution in [0.2, 0.25) is 0 Å². The van der Waals surface area contributed by atoms with E-state index in [0.29, 0.717) is 17.5 Å². The van der Waals surface area contributed by atoms with E-state index in [1.54, 1.807) is 12.3 Å². The lowest BCUT2D eigenvalue weighted by molar-refractivity contribution is 0.305.